The predicted octanol–water partition coefficient (Wildman–Crippen LogP) is 2.70. The van der Waals surface area contributed by atoms with Crippen LogP contribution in [0.2, 0.25) is 0 Å². The Bertz CT molecular complexity index is 3170. The molecule has 20 nitrogen and oxygen atoms in total. The molecule has 0 spiro atoms. The van der Waals surface area contributed by atoms with E-state index in [0.29, 0.717) is 102 Å². The van der Waals surface area contributed by atoms with Crippen LogP contribution in [-0.4, -0.2) is 121 Å². The summed E-state index contributed by atoms with van der Waals surface area (Å²) in [4.78, 5) is 17.1. The van der Waals surface area contributed by atoms with E-state index in [2.05, 4.69) is 82.9 Å². The molecule has 6 rings (SSSR count). The van der Waals surface area contributed by atoms with Crippen LogP contribution in [0, 0.1) is 6.92 Å². The molecule has 3 aromatic rings. The Balaban J connectivity index is 0.00000271. The molecule has 25 heteroatoms. The molecule has 0 bridgehead atoms. The van der Waals surface area contributed by atoms with Crippen molar-refractivity contribution in [3.63, 3.8) is 0 Å². The Morgan fingerprint density at radius 1 is 0.800 bits per heavy atom. The van der Waals surface area contributed by atoms with E-state index in [1.165, 1.54) is 58.9 Å². The number of carbonyl (C=O) groups excluding carboxylic acids is 1. The number of allylic oxidation sites excluding steroid dienone is 7. The fourth-order valence-electron chi connectivity index (χ4n) is 9.68. The van der Waals surface area contributed by atoms with Crippen molar-refractivity contribution >= 4 is 53.8 Å². The molecule has 1 N–H and O–H groups in total. The summed E-state index contributed by atoms with van der Waals surface area (Å²) in [5, 5.41) is 6.30. The third kappa shape index (κ3) is 20.4. The van der Waals surface area contributed by atoms with Crippen LogP contribution in [-0.2, 0) is 60.7 Å². The van der Waals surface area contributed by atoms with Gasteiger partial charge in [-0.05, 0) is 136 Å². The number of hydrogen-bond donors (Lipinski definition) is 1. The molecule has 0 saturated heterocycles. The molecular weight excluding hydrogens is 1110 g/mol. The van der Waals surface area contributed by atoms with Crippen LogP contribution < -0.4 is 74.1 Å². The van der Waals surface area contributed by atoms with Crippen LogP contribution in [0.3, 0.4) is 0 Å². The van der Waals surface area contributed by atoms with Crippen molar-refractivity contribution in [3.05, 3.63) is 135 Å². The Morgan fingerprint density at radius 3 is 2.08 bits per heavy atom. The van der Waals surface area contributed by atoms with E-state index >= 15 is 0 Å². The van der Waals surface area contributed by atoms with Gasteiger partial charge in [0.1, 0.15) is 38.3 Å². The summed E-state index contributed by atoms with van der Waals surface area (Å²) in [6, 6.07) is 16.6. The Morgan fingerprint density at radius 2 is 1.44 bits per heavy atom. The largest absolute Gasteiger partial charge is 1.00 e. The smallest absolute Gasteiger partial charge is 0.744 e. The molecule has 1 amide bonds. The number of unbranched alkanes of at least 4 members (excludes halogenated alkanes) is 3. The number of anilines is 1. The number of nitrogens with zero attached hydrogens (tertiary/aromatic N) is 5. The molecule has 2 heterocycles. The Labute approximate surface area is 516 Å². The van der Waals surface area contributed by atoms with Gasteiger partial charge in [0, 0.05) is 71.9 Å². The maximum atomic E-state index is 12.7. The van der Waals surface area contributed by atoms with E-state index in [4.69, 9.17) is 37.1 Å². The fourth-order valence-corrected chi connectivity index (χ4v) is 10.6. The van der Waals surface area contributed by atoms with Crippen LogP contribution in [0.5, 0.6) is 5.75 Å². The number of rotatable bonds is 28. The van der Waals surface area contributed by atoms with Gasteiger partial charge in [-0.1, -0.05) is 56.1 Å². The molecule has 0 unspecified atom stereocenters. The molecule has 0 saturated carbocycles. The van der Waals surface area contributed by atoms with Gasteiger partial charge in [0.05, 0.1) is 54.8 Å². The van der Waals surface area contributed by atoms with Crippen molar-refractivity contribution in [1.29, 1.82) is 0 Å². The maximum absolute atomic E-state index is 12.7. The third-order valence-corrected chi connectivity index (χ3v) is 15.3. The Hall–Kier alpha value is -4.01. The molecule has 0 atom stereocenters. The third-order valence-electron chi connectivity index (χ3n) is 13.6. The van der Waals surface area contributed by atoms with Crippen molar-refractivity contribution in [2.45, 2.75) is 120 Å². The van der Waals surface area contributed by atoms with Crippen LogP contribution in [0.15, 0.2) is 122 Å². The number of azide groups is 1. The minimum atomic E-state index is -4.74. The molecule has 2 aliphatic heterocycles. The van der Waals surface area contributed by atoms with Crippen molar-refractivity contribution in [3.8, 4) is 5.75 Å². The van der Waals surface area contributed by atoms with Crippen LogP contribution in [0.25, 0.3) is 10.4 Å². The van der Waals surface area contributed by atoms with Crippen LogP contribution in [0.4, 0.5) is 11.4 Å². The van der Waals surface area contributed by atoms with Gasteiger partial charge in [0.15, 0.2) is 5.71 Å². The normalized spacial score (nSPS) is 16.3. The van der Waals surface area contributed by atoms with Gasteiger partial charge in [-0.25, -0.2) is 16.8 Å². The number of hydrogen-bond acceptors (Lipinski definition) is 16. The SMILES string of the molecule is CCCCN1C(=CC=C2CCCC(C=CC3=[N+](CCCCCC(=O)NCCOCCOCCOCCN=[N+]=[N-])c4ccc(S(=O)(=O)[O-])cc4C3(C)C)=C2Oc2ccc(S(=O)(=O)[O-])cc2)C(C)(C)c2cc(C)ccc21.O=S(=O)=O.[Na+].[Na+]. The van der Waals surface area contributed by atoms with E-state index in [0.717, 1.165) is 54.8 Å². The monoisotopic (exact) mass is 1180 g/mol. The van der Waals surface area contributed by atoms with Crippen molar-refractivity contribution in [2.24, 2.45) is 5.11 Å². The molecule has 0 aromatic heterocycles. The maximum Gasteiger partial charge on any atom is 1.00 e. The second kappa shape index (κ2) is 33.3. The second-order valence-corrected chi connectivity index (χ2v) is 23.1. The van der Waals surface area contributed by atoms with Gasteiger partial charge < -0.3 is 38.3 Å². The van der Waals surface area contributed by atoms with Gasteiger partial charge in [0.2, 0.25) is 11.6 Å². The van der Waals surface area contributed by atoms with Crippen LogP contribution in [0.1, 0.15) is 109 Å². The summed E-state index contributed by atoms with van der Waals surface area (Å²) < 4.78 is 123. The first-order valence-electron chi connectivity index (χ1n) is 26.0. The number of ether oxygens (including phenoxy) is 4. The quantitative estimate of drug-likeness (QED) is 0.0208. The predicted molar refractivity (Wildman–Crippen MR) is 293 cm³/mol. The molecular formula is C55H71N6Na2O14S3+. The zero-order chi connectivity index (χ0) is 57.1. The number of aryl methyl sites for hydroxylation is 1. The van der Waals surface area contributed by atoms with Gasteiger partial charge in [-0.2, -0.15) is 4.58 Å². The molecule has 0 radical (unpaired) electrons. The van der Waals surface area contributed by atoms with Gasteiger partial charge in [0.25, 0.3) is 0 Å². The van der Waals surface area contributed by atoms with Crippen molar-refractivity contribution in [1.82, 2.24) is 5.32 Å². The molecule has 424 valence electrons. The van der Waals surface area contributed by atoms with E-state index in [1.54, 1.807) is 6.07 Å². The average molecular weight is 1180 g/mol. The number of amides is 1. The summed E-state index contributed by atoms with van der Waals surface area (Å²) in [5.41, 5.74) is 16.3. The number of fused-ring (bicyclic) bond motifs is 2. The molecule has 80 heavy (non-hydrogen) atoms. The summed E-state index contributed by atoms with van der Waals surface area (Å²) in [7, 11) is -12.5. The minimum absolute atomic E-state index is 0. The summed E-state index contributed by atoms with van der Waals surface area (Å²) in [6.07, 6.45) is 15.1. The van der Waals surface area contributed by atoms with E-state index in [-0.39, 0.29) is 86.8 Å². The minimum Gasteiger partial charge on any atom is -0.744 e. The average Bonchev–Trinajstić information content (AvgIpc) is 3.72. The van der Waals surface area contributed by atoms with E-state index in [1.807, 2.05) is 26.0 Å². The first kappa shape index (κ1) is 70.3. The van der Waals surface area contributed by atoms with Crippen molar-refractivity contribution in [2.75, 3.05) is 70.7 Å². The standard InChI is InChI=1S/C55H72N6O11S2.2Na.O3S/c1-7-8-30-60-48-24-16-40(2)38-46(48)54(3,4)50(60)26-17-41-13-12-14-42(53(41)72-43-19-21-44(22-20-43)73(63,64)65)18-27-51-55(5,6)47-39-45(74(66,67)68)23-25-49(47)61(51)31-11-9-10-15-52(62)57-28-32-69-34-36-71-37-35-70-33-29-58-59-56;;;1-4(2)3/h16-27,38-39H,7-15,28-37H2,1-6H3,(H2-,57,62,63,64,65,66,67,68);;;/q;2*+1;/p-1. The first-order valence-corrected chi connectivity index (χ1v) is 29.8. The zero-order valence-electron chi connectivity index (χ0n) is 47.2. The number of benzene rings is 3. The van der Waals surface area contributed by atoms with E-state index in [9.17, 15) is 30.7 Å². The molecule has 1 aliphatic carbocycles. The topological polar surface area (TPSA) is 287 Å². The number of carbonyl (C=O) groups is 1. The van der Waals surface area contributed by atoms with Gasteiger partial charge in [-0.15, -0.1) is 12.6 Å². The summed E-state index contributed by atoms with van der Waals surface area (Å²) >= 11 is 0. The fraction of sp³-hybridized carbons (Fsp3) is 0.491. The molecule has 0 fully saturated rings. The number of nitrogens with one attached hydrogen (secondary N) is 1. The summed E-state index contributed by atoms with van der Waals surface area (Å²) in [6.45, 7) is 17.1. The molecule has 3 aliphatic rings. The Kier molecular flexibility index (Phi) is 29.3. The molecule has 3 aromatic carbocycles. The van der Waals surface area contributed by atoms with Crippen LogP contribution >= 0.6 is 0 Å². The second-order valence-electron chi connectivity index (χ2n) is 19.9. The van der Waals surface area contributed by atoms with Crippen molar-refractivity contribution < 1.29 is 126 Å². The first-order chi connectivity index (χ1) is 37.0. The van der Waals surface area contributed by atoms with E-state index < -0.39 is 36.3 Å². The zero-order valence-corrected chi connectivity index (χ0v) is 53.6. The van der Waals surface area contributed by atoms with Gasteiger partial charge in [-0.3, -0.25) is 4.79 Å². The van der Waals surface area contributed by atoms with Gasteiger partial charge >= 0.3 is 69.7 Å². The summed E-state index contributed by atoms with van der Waals surface area (Å²) in [5.74, 6) is 0.904.